The van der Waals surface area contributed by atoms with E-state index in [1.165, 1.54) is 0 Å². The first kappa shape index (κ1) is 8.99. The number of ether oxygens (including phenoxy) is 1. The van der Waals surface area contributed by atoms with Crippen LogP contribution in [0.5, 0.6) is 5.88 Å². The number of aromatic nitrogens is 2. The molecule has 1 aromatic heterocycles. The van der Waals surface area contributed by atoms with E-state index in [4.69, 9.17) is 10.5 Å². The zero-order chi connectivity index (χ0) is 8.97. The molecule has 1 atom stereocenters. The number of hydrogen-bond donors (Lipinski definition) is 1. The molecule has 5 heteroatoms. The Balaban J connectivity index is 2.38. The van der Waals surface area contributed by atoms with Crippen molar-refractivity contribution >= 4 is 0 Å². The van der Waals surface area contributed by atoms with Gasteiger partial charge in [0.25, 0.3) is 5.88 Å². The molecule has 0 saturated carbocycles. The number of aryl methyl sites for hydroxylation is 1. The predicted molar refractivity (Wildman–Crippen MR) is 42.8 cm³/mol. The lowest BCUT2D eigenvalue weighted by Gasteiger charge is -2.07. The summed E-state index contributed by atoms with van der Waals surface area (Å²) in [6.45, 7) is 4.22. The summed E-state index contributed by atoms with van der Waals surface area (Å²) in [5, 5.41) is 7.13. The minimum absolute atomic E-state index is 0.0427. The summed E-state index contributed by atoms with van der Waals surface area (Å²) >= 11 is 0. The summed E-state index contributed by atoms with van der Waals surface area (Å²) in [6, 6.07) is 0.0427. The fourth-order valence-corrected chi connectivity index (χ4v) is 0.658. The summed E-state index contributed by atoms with van der Waals surface area (Å²) in [6.07, 6.45) is 0.879. The molecule has 0 fully saturated rings. The summed E-state index contributed by atoms with van der Waals surface area (Å²) < 4.78 is 9.68. The molecule has 1 heterocycles. The van der Waals surface area contributed by atoms with Gasteiger partial charge in [0.1, 0.15) is 12.3 Å². The zero-order valence-electron chi connectivity index (χ0n) is 7.28. The van der Waals surface area contributed by atoms with Gasteiger partial charge in [-0.05, 0) is 18.5 Å². The maximum absolute atomic E-state index is 5.64. The highest BCUT2D eigenvalue weighted by atomic mass is 16.6. The van der Waals surface area contributed by atoms with Gasteiger partial charge in [-0.2, -0.15) is 0 Å². The van der Waals surface area contributed by atoms with E-state index in [2.05, 4.69) is 14.9 Å². The fourth-order valence-electron chi connectivity index (χ4n) is 0.658. The van der Waals surface area contributed by atoms with E-state index >= 15 is 0 Å². The molecule has 0 spiro atoms. The minimum Gasteiger partial charge on any atom is -0.473 e. The van der Waals surface area contributed by atoms with Gasteiger partial charge in [0.05, 0.1) is 0 Å². The highest BCUT2D eigenvalue weighted by Crippen LogP contribution is 2.10. The molecule has 1 aromatic rings. The van der Waals surface area contributed by atoms with Gasteiger partial charge in [-0.1, -0.05) is 12.1 Å². The SMILES string of the molecule is CC[C@@H](N)COc1nonc1C. The Bertz CT molecular complexity index is 236. The van der Waals surface area contributed by atoms with Crippen LogP contribution in [0.3, 0.4) is 0 Å². The molecule has 0 aromatic carbocycles. The van der Waals surface area contributed by atoms with Gasteiger partial charge in [0.2, 0.25) is 0 Å². The van der Waals surface area contributed by atoms with E-state index in [0.29, 0.717) is 18.2 Å². The van der Waals surface area contributed by atoms with Crippen LogP contribution in [0.15, 0.2) is 4.63 Å². The lowest BCUT2D eigenvalue weighted by atomic mass is 10.3. The second-order valence-electron chi connectivity index (χ2n) is 2.63. The Morgan fingerprint density at radius 2 is 2.33 bits per heavy atom. The number of hydrogen-bond acceptors (Lipinski definition) is 5. The first-order valence-electron chi connectivity index (χ1n) is 3.91. The van der Waals surface area contributed by atoms with Crippen molar-refractivity contribution in [1.82, 2.24) is 10.3 Å². The molecule has 0 aliphatic carbocycles. The molecule has 12 heavy (non-hydrogen) atoms. The molecular weight excluding hydrogens is 158 g/mol. The van der Waals surface area contributed by atoms with Crippen LogP contribution in [0.1, 0.15) is 19.0 Å². The fraction of sp³-hybridized carbons (Fsp3) is 0.714. The third kappa shape index (κ3) is 2.20. The van der Waals surface area contributed by atoms with E-state index in [-0.39, 0.29) is 6.04 Å². The number of rotatable bonds is 4. The van der Waals surface area contributed by atoms with E-state index in [0.717, 1.165) is 6.42 Å². The van der Waals surface area contributed by atoms with Crippen LogP contribution in [0.4, 0.5) is 0 Å². The van der Waals surface area contributed by atoms with Crippen LogP contribution in [-0.4, -0.2) is 23.0 Å². The Hall–Kier alpha value is -1.10. The van der Waals surface area contributed by atoms with Gasteiger partial charge in [-0.3, -0.25) is 0 Å². The van der Waals surface area contributed by atoms with E-state index in [1.807, 2.05) is 6.92 Å². The predicted octanol–water partition coefficient (Wildman–Crippen LogP) is 0.494. The van der Waals surface area contributed by atoms with Crippen LogP contribution in [-0.2, 0) is 0 Å². The molecule has 0 unspecified atom stereocenters. The van der Waals surface area contributed by atoms with Crippen LogP contribution < -0.4 is 10.5 Å². The van der Waals surface area contributed by atoms with Crippen molar-refractivity contribution in [1.29, 1.82) is 0 Å². The highest BCUT2D eigenvalue weighted by Gasteiger charge is 2.07. The quantitative estimate of drug-likeness (QED) is 0.713. The van der Waals surface area contributed by atoms with Gasteiger partial charge in [0, 0.05) is 6.04 Å². The Labute approximate surface area is 70.8 Å². The Kier molecular flexibility index (Phi) is 3.04. The van der Waals surface area contributed by atoms with Crippen molar-refractivity contribution in [3.63, 3.8) is 0 Å². The summed E-state index contributed by atoms with van der Waals surface area (Å²) in [5.74, 6) is 0.430. The largest absolute Gasteiger partial charge is 0.473 e. The summed E-state index contributed by atoms with van der Waals surface area (Å²) in [7, 11) is 0. The average molecular weight is 171 g/mol. The molecule has 1 rings (SSSR count). The van der Waals surface area contributed by atoms with Crippen LogP contribution in [0, 0.1) is 6.92 Å². The summed E-state index contributed by atoms with van der Waals surface area (Å²) in [5.41, 5.74) is 6.29. The first-order chi connectivity index (χ1) is 5.74. The van der Waals surface area contributed by atoms with Crippen molar-refractivity contribution in [2.75, 3.05) is 6.61 Å². The molecule has 0 bridgehead atoms. The molecule has 2 N–H and O–H groups in total. The molecular formula is C7H13N3O2. The minimum atomic E-state index is 0.0427. The molecule has 5 nitrogen and oxygen atoms in total. The second-order valence-corrected chi connectivity index (χ2v) is 2.63. The van der Waals surface area contributed by atoms with Crippen molar-refractivity contribution in [2.24, 2.45) is 5.73 Å². The molecule has 68 valence electrons. The van der Waals surface area contributed by atoms with E-state index in [1.54, 1.807) is 6.92 Å². The van der Waals surface area contributed by atoms with Crippen LogP contribution in [0.25, 0.3) is 0 Å². The third-order valence-corrected chi connectivity index (χ3v) is 1.57. The second kappa shape index (κ2) is 4.06. The van der Waals surface area contributed by atoms with Crippen molar-refractivity contribution in [2.45, 2.75) is 26.3 Å². The van der Waals surface area contributed by atoms with E-state index < -0.39 is 0 Å². The average Bonchev–Trinajstić information content (AvgIpc) is 2.47. The molecule has 0 amide bonds. The Morgan fingerprint density at radius 3 is 2.83 bits per heavy atom. The van der Waals surface area contributed by atoms with Crippen molar-refractivity contribution < 1.29 is 9.37 Å². The normalized spacial score (nSPS) is 12.9. The molecule has 0 saturated heterocycles. The first-order valence-corrected chi connectivity index (χ1v) is 3.91. The zero-order valence-corrected chi connectivity index (χ0v) is 7.28. The number of nitrogens with two attached hydrogens (primary N) is 1. The van der Waals surface area contributed by atoms with Gasteiger partial charge in [-0.25, -0.2) is 4.63 Å². The maximum atomic E-state index is 5.64. The smallest absolute Gasteiger partial charge is 0.278 e. The lowest BCUT2D eigenvalue weighted by Crippen LogP contribution is -2.26. The topological polar surface area (TPSA) is 74.2 Å². The van der Waals surface area contributed by atoms with Gasteiger partial charge in [-0.15, -0.1) is 0 Å². The molecule has 0 aliphatic rings. The lowest BCUT2D eigenvalue weighted by molar-refractivity contribution is 0.241. The highest BCUT2D eigenvalue weighted by molar-refractivity contribution is 5.11. The van der Waals surface area contributed by atoms with Gasteiger partial charge < -0.3 is 10.5 Å². The number of nitrogens with zero attached hydrogens (tertiary/aromatic N) is 2. The van der Waals surface area contributed by atoms with E-state index in [9.17, 15) is 0 Å². The van der Waals surface area contributed by atoms with Gasteiger partial charge in [0.15, 0.2) is 0 Å². The molecule has 0 aliphatic heterocycles. The van der Waals surface area contributed by atoms with Crippen LogP contribution >= 0.6 is 0 Å². The van der Waals surface area contributed by atoms with Crippen molar-refractivity contribution in [3.05, 3.63) is 5.69 Å². The Morgan fingerprint density at radius 1 is 1.58 bits per heavy atom. The van der Waals surface area contributed by atoms with Crippen LogP contribution in [0.2, 0.25) is 0 Å². The van der Waals surface area contributed by atoms with Crippen molar-refractivity contribution in [3.8, 4) is 5.88 Å². The maximum Gasteiger partial charge on any atom is 0.278 e. The summed E-state index contributed by atoms with van der Waals surface area (Å²) in [4.78, 5) is 0. The monoisotopic (exact) mass is 171 g/mol. The van der Waals surface area contributed by atoms with Gasteiger partial charge >= 0.3 is 0 Å². The standard InChI is InChI=1S/C7H13N3O2/c1-3-6(8)4-11-7-5(2)9-12-10-7/h6H,3-4,8H2,1-2H3/t6-/m1/s1. The molecule has 0 radical (unpaired) electrons. The third-order valence-electron chi connectivity index (χ3n) is 1.57.